The van der Waals surface area contributed by atoms with Crippen molar-refractivity contribution >= 4 is 21.6 Å². The molecule has 0 radical (unpaired) electrons. The maximum Gasteiger partial charge on any atom is 0.416 e. The first kappa shape index (κ1) is 38.2. The minimum atomic E-state index is -4.41. The summed E-state index contributed by atoms with van der Waals surface area (Å²) in [5, 5.41) is 10.2. The Kier molecular flexibility index (Phi) is 13.1. The maximum atomic E-state index is 14.3. The number of carbonyl (C=O) groups excluding carboxylic acids is 1. The number of aliphatic hydroxyl groups is 1. The second-order valence-corrected chi connectivity index (χ2v) is 14.5. The number of hydrogen-bond acceptors (Lipinski definition) is 7. The van der Waals surface area contributed by atoms with Gasteiger partial charge in [0.25, 0.3) is 15.9 Å². The van der Waals surface area contributed by atoms with E-state index >= 15 is 0 Å². The Bertz CT molecular complexity index is 1620. The lowest BCUT2D eigenvalue weighted by molar-refractivity contribution is -0.137. The molecule has 49 heavy (non-hydrogen) atoms. The summed E-state index contributed by atoms with van der Waals surface area (Å²) in [6.45, 7) is 6.79. The molecule has 0 saturated heterocycles. The first-order valence-electron chi connectivity index (χ1n) is 16.4. The lowest BCUT2D eigenvalue weighted by Gasteiger charge is -2.36. The molecule has 3 aromatic carbocycles. The van der Waals surface area contributed by atoms with Crippen molar-refractivity contribution in [1.29, 1.82) is 0 Å². The van der Waals surface area contributed by atoms with Gasteiger partial charge in [0.15, 0.2) is 0 Å². The van der Waals surface area contributed by atoms with Gasteiger partial charge in [-0.3, -0.25) is 14.4 Å². The van der Waals surface area contributed by atoms with E-state index in [0.29, 0.717) is 31.9 Å². The fourth-order valence-corrected chi connectivity index (χ4v) is 6.82. The fraction of sp³-hybridized carbons (Fsp3) is 0.472. The molecular weight excluding hydrogens is 659 g/mol. The van der Waals surface area contributed by atoms with E-state index in [2.05, 4.69) is 4.72 Å². The molecule has 4 rings (SSSR count). The molecule has 0 aliphatic carbocycles. The van der Waals surface area contributed by atoms with E-state index in [1.807, 2.05) is 25.8 Å². The van der Waals surface area contributed by atoms with Gasteiger partial charge in [-0.15, -0.1) is 0 Å². The number of alkyl halides is 3. The van der Waals surface area contributed by atoms with Gasteiger partial charge in [0.05, 0.1) is 40.9 Å². The lowest BCUT2D eigenvalue weighted by atomic mass is 10.0. The Morgan fingerprint density at radius 1 is 1.04 bits per heavy atom. The largest absolute Gasteiger partial charge is 0.490 e. The van der Waals surface area contributed by atoms with Gasteiger partial charge in [-0.2, -0.15) is 13.2 Å². The third kappa shape index (κ3) is 10.7. The predicted molar refractivity (Wildman–Crippen MR) is 182 cm³/mol. The van der Waals surface area contributed by atoms with Crippen LogP contribution in [0.4, 0.5) is 18.9 Å². The maximum absolute atomic E-state index is 14.3. The van der Waals surface area contributed by atoms with Crippen LogP contribution in [-0.2, 0) is 27.5 Å². The van der Waals surface area contributed by atoms with Crippen LogP contribution in [0.15, 0.2) is 77.7 Å². The first-order chi connectivity index (χ1) is 23.2. The normalized spacial score (nSPS) is 20.6. The number of halogens is 3. The predicted octanol–water partition coefficient (Wildman–Crippen LogP) is 6.43. The summed E-state index contributed by atoms with van der Waals surface area (Å²) in [4.78, 5) is 17.9. The molecule has 0 unspecified atom stereocenters. The zero-order valence-corrected chi connectivity index (χ0v) is 29.1. The summed E-state index contributed by atoms with van der Waals surface area (Å²) in [5.74, 6) is -0.353. The summed E-state index contributed by atoms with van der Waals surface area (Å²) < 4.78 is 80.6. The van der Waals surface area contributed by atoms with Crippen LogP contribution in [0.5, 0.6) is 5.75 Å². The van der Waals surface area contributed by atoms with Gasteiger partial charge in [0.1, 0.15) is 5.75 Å². The van der Waals surface area contributed by atoms with Crippen LogP contribution < -0.4 is 9.46 Å². The standard InChI is InChI=1S/C36H46F3N3O6S/c1-25-21-42(26(2)24-43)35(44)32-20-30(40-49(45,46)31-11-6-5-7-12-31)17-18-33(32)48-27(3)10-8-9-19-47-34(25)23-41(4)22-28-13-15-29(16-14-28)36(37,38)39/h5-7,11-18,20,25-27,34,40,43H,8-10,19,21-24H2,1-4H3/t25-,26+,27-,34-/m0/s1. The highest BCUT2D eigenvalue weighted by Crippen LogP contribution is 2.31. The number of amides is 1. The van der Waals surface area contributed by atoms with Gasteiger partial charge in [-0.05, 0) is 88.2 Å². The summed E-state index contributed by atoms with van der Waals surface area (Å²) in [5.41, 5.74) is 0.358. The Morgan fingerprint density at radius 3 is 2.39 bits per heavy atom. The molecule has 4 atom stereocenters. The summed E-state index contributed by atoms with van der Waals surface area (Å²) in [7, 11) is -2.07. The Morgan fingerprint density at radius 2 is 1.73 bits per heavy atom. The van der Waals surface area contributed by atoms with Crippen LogP contribution in [0.25, 0.3) is 0 Å². The van der Waals surface area contributed by atoms with E-state index in [4.69, 9.17) is 9.47 Å². The number of anilines is 1. The average molecular weight is 706 g/mol. The number of nitrogens with one attached hydrogen (secondary N) is 1. The number of hydrogen-bond donors (Lipinski definition) is 2. The molecule has 0 bridgehead atoms. The van der Waals surface area contributed by atoms with E-state index in [-0.39, 0.29) is 47.4 Å². The zero-order chi connectivity index (χ0) is 35.8. The summed E-state index contributed by atoms with van der Waals surface area (Å²) >= 11 is 0. The topological polar surface area (TPSA) is 108 Å². The second kappa shape index (κ2) is 16.8. The van der Waals surface area contributed by atoms with Crippen LogP contribution in [0, 0.1) is 5.92 Å². The number of rotatable bonds is 9. The third-order valence-corrected chi connectivity index (χ3v) is 9.98. The number of nitrogens with zero attached hydrogens (tertiary/aromatic N) is 2. The van der Waals surface area contributed by atoms with Crippen LogP contribution in [0.2, 0.25) is 0 Å². The van der Waals surface area contributed by atoms with Gasteiger partial charge >= 0.3 is 6.18 Å². The Labute approximate surface area is 287 Å². The number of carbonyl (C=O) groups is 1. The van der Waals surface area contributed by atoms with Crippen LogP contribution in [-0.4, -0.2) is 80.8 Å². The van der Waals surface area contributed by atoms with Crippen molar-refractivity contribution in [3.05, 3.63) is 89.5 Å². The highest BCUT2D eigenvalue weighted by Gasteiger charge is 2.32. The highest BCUT2D eigenvalue weighted by atomic mass is 32.2. The molecule has 268 valence electrons. The molecule has 0 saturated carbocycles. The van der Waals surface area contributed by atoms with E-state index < -0.39 is 33.7 Å². The van der Waals surface area contributed by atoms with Crippen LogP contribution in [0.3, 0.4) is 0 Å². The second-order valence-electron chi connectivity index (χ2n) is 12.8. The molecule has 1 heterocycles. The third-order valence-electron chi connectivity index (χ3n) is 8.58. The van der Waals surface area contributed by atoms with Crippen molar-refractivity contribution in [2.24, 2.45) is 5.92 Å². The molecule has 9 nitrogen and oxygen atoms in total. The highest BCUT2D eigenvalue weighted by molar-refractivity contribution is 7.92. The molecule has 0 spiro atoms. The molecule has 2 N–H and O–H groups in total. The molecule has 1 aliphatic heterocycles. The summed E-state index contributed by atoms with van der Waals surface area (Å²) in [6.07, 6.45) is -2.76. The lowest BCUT2D eigenvalue weighted by Crippen LogP contribution is -2.47. The van der Waals surface area contributed by atoms with E-state index in [1.165, 1.54) is 30.3 Å². The van der Waals surface area contributed by atoms with Crippen molar-refractivity contribution in [2.45, 2.75) is 75.9 Å². The number of fused-ring (bicyclic) bond motifs is 1. The molecule has 1 amide bonds. The van der Waals surface area contributed by atoms with E-state index in [0.717, 1.165) is 30.5 Å². The SMILES string of the molecule is C[C@H](CO)N1C[C@H](C)[C@H](CN(C)Cc2ccc(C(F)(F)F)cc2)OCCCC[C@H](C)Oc2ccc(NS(=O)(=O)c3ccccc3)cc2C1=O. The quantitative estimate of drug-likeness (QED) is 0.264. The Hall–Kier alpha value is -3.65. The molecule has 0 aromatic heterocycles. The monoisotopic (exact) mass is 705 g/mol. The molecule has 0 fully saturated rings. The smallest absolute Gasteiger partial charge is 0.416 e. The van der Waals surface area contributed by atoms with Gasteiger partial charge in [-0.25, -0.2) is 8.42 Å². The van der Waals surface area contributed by atoms with Crippen molar-refractivity contribution < 1.29 is 41.0 Å². The Balaban J connectivity index is 1.60. The molecule has 3 aromatic rings. The number of sulfonamides is 1. The molecule has 1 aliphatic rings. The average Bonchev–Trinajstić information content (AvgIpc) is 3.06. The van der Waals surface area contributed by atoms with Gasteiger partial charge < -0.3 is 19.5 Å². The van der Waals surface area contributed by atoms with Crippen molar-refractivity contribution in [3.63, 3.8) is 0 Å². The molecular formula is C36H46F3N3O6S. The van der Waals surface area contributed by atoms with Crippen molar-refractivity contribution in [1.82, 2.24) is 9.80 Å². The molecule has 13 heteroatoms. The number of benzene rings is 3. The van der Waals surface area contributed by atoms with Crippen molar-refractivity contribution in [2.75, 3.05) is 38.1 Å². The van der Waals surface area contributed by atoms with Crippen LogP contribution >= 0.6 is 0 Å². The van der Waals surface area contributed by atoms with Crippen molar-refractivity contribution in [3.8, 4) is 5.75 Å². The number of likely N-dealkylation sites (N-methyl/N-ethyl adjacent to an activating group) is 1. The fourth-order valence-electron chi connectivity index (χ4n) is 5.74. The zero-order valence-electron chi connectivity index (χ0n) is 28.3. The van der Waals surface area contributed by atoms with Gasteiger partial charge in [0.2, 0.25) is 0 Å². The first-order valence-corrected chi connectivity index (χ1v) is 17.9. The van der Waals surface area contributed by atoms with Gasteiger partial charge in [-0.1, -0.05) is 37.3 Å². The number of ether oxygens (including phenoxy) is 2. The number of aliphatic hydroxyl groups excluding tert-OH is 1. The minimum Gasteiger partial charge on any atom is -0.490 e. The summed E-state index contributed by atoms with van der Waals surface area (Å²) in [6, 6.07) is 17.0. The van der Waals surface area contributed by atoms with Gasteiger partial charge in [0, 0.05) is 37.8 Å². The minimum absolute atomic E-state index is 0.0740. The van der Waals surface area contributed by atoms with Crippen LogP contribution in [0.1, 0.15) is 61.5 Å². The van der Waals surface area contributed by atoms with E-state index in [9.17, 15) is 31.5 Å². The van der Waals surface area contributed by atoms with E-state index in [1.54, 1.807) is 42.2 Å².